The molecule has 0 saturated heterocycles. The van der Waals surface area contributed by atoms with Crippen LogP contribution in [0.4, 0.5) is 5.82 Å². The molecule has 0 amide bonds. The van der Waals surface area contributed by atoms with Gasteiger partial charge in [0, 0.05) is 38.7 Å². The van der Waals surface area contributed by atoms with Crippen LogP contribution in [0.3, 0.4) is 0 Å². The number of pyridine rings is 1. The normalized spacial score (nSPS) is 11.9. The zero-order valence-corrected chi connectivity index (χ0v) is 15.2. The quantitative estimate of drug-likeness (QED) is 0.569. The SMILES string of the molecule is C=C(/C=C\C(=C/C)N(C)C)c1cc2nccnc2c(NCCCN)n1. The van der Waals surface area contributed by atoms with Crippen molar-refractivity contribution in [2.75, 3.05) is 32.5 Å². The lowest BCUT2D eigenvalue weighted by Gasteiger charge is -2.13. The Hall–Kier alpha value is -2.73. The number of rotatable bonds is 8. The minimum atomic E-state index is 0.627. The Morgan fingerprint density at radius 3 is 2.72 bits per heavy atom. The van der Waals surface area contributed by atoms with Gasteiger partial charge < -0.3 is 16.0 Å². The molecular formula is C19H26N6. The van der Waals surface area contributed by atoms with Crippen LogP contribution in [-0.2, 0) is 0 Å². The van der Waals surface area contributed by atoms with E-state index in [0.717, 1.165) is 41.0 Å². The Bertz CT molecular complexity index is 792. The minimum Gasteiger partial charge on any atom is -0.378 e. The predicted molar refractivity (Wildman–Crippen MR) is 105 cm³/mol. The average molecular weight is 338 g/mol. The van der Waals surface area contributed by atoms with Gasteiger partial charge in [0.15, 0.2) is 5.82 Å². The second-order valence-corrected chi connectivity index (χ2v) is 5.82. The molecule has 3 N–H and O–H groups in total. The summed E-state index contributed by atoms with van der Waals surface area (Å²) < 4.78 is 0. The van der Waals surface area contributed by atoms with Crippen molar-refractivity contribution in [3.05, 3.63) is 54.7 Å². The molecule has 0 aliphatic carbocycles. The fraction of sp³-hybridized carbons (Fsp3) is 0.316. The summed E-state index contributed by atoms with van der Waals surface area (Å²) in [7, 11) is 4.01. The molecule has 0 saturated carbocycles. The number of hydrogen-bond acceptors (Lipinski definition) is 6. The highest BCUT2D eigenvalue weighted by Gasteiger charge is 2.09. The topological polar surface area (TPSA) is 80.0 Å². The van der Waals surface area contributed by atoms with Crippen LogP contribution >= 0.6 is 0 Å². The Kier molecular flexibility index (Phi) is 6.65. The summed E-state index contributed by atoms with van der Waals surface area (Å²) in [5, 5.41) is 3.30. The summed E-state index contributed by atoms with van der Waals surface area (Å²) in [6.07, 6.45) is 10.2. The second kappa shape index (κ2) is 8.94. The Morgan fingerprint density at radius 1 is 1.28 bits per heavy atom. The summed E-state index contributed by atoms with van der Waals surface area (Å²) in [5.41, 5.74) is 9.80. The predicted octanol–water partition coefficient (Wildman–Crippen LogP) is 2.82. The van der Waals surface area contributed by atoms with E-state index in [0.29, 0.717) is 12.4 Å². The van der Waals surface area contributed by atoms with Gasteiger partial charge in [-0.15, -0.1) is 0 Å². The van der Waals surface area contributed by atoms with E-state index in [2.05, 4.69) is 26.8 Å². The number of fused-ring (bicyclic) bond motifs is 1. The van der Waals surface area contributed by atoms with Crippen molar-refractivity contribution in [2.45, 2.75) is 13.3 Å². The van der Waals surface area contributed by atoms with Crippen molar-refractivity contribution >= 4 is 22.4 Å². The van der Waals surface area contributed by atoms with Gasteiger partial charge in [0.25, 0.3) is 0 Å². The first-order valence-electron chi connectivity index (χ1n) is 8.33. The van der Waals surface area contributed by atoms with E-state index in [1.54, 1.807) is 12.4 Å². The van der Waals surface area contributed by atoms with Gasteiger partial charge in [-0.3, -0.25) is 4.98 Å². The molecule has 2 aromatic heterocycles. The molecule has 6 nitrogen and oxygen atoms in total. The number of nitrogens with two attached hydrogens (primary N) is 1. The van der Waals surface area contributed by atoms with Gasteiger partial charge in [0.2, 0.25) is 0 Å². The molecule has 0 spiro atoms. The van der Waals surface area contributed by atoms with Gasteiger partial charge in [-0.2, -0.15) is 0 Å². The van der Waals surface area contributed by atoms with Crippen molar-refractivity contribution in [2.24, 2.45) is 5.73 Å². The molecule has 0 aromatic carbocycles. The van der Waals surface area contributed by atoms with Gasteiger partial charge >= 0.3 is 0 Å². The number of nitrogens with one attached hydrogen (secondary N) is 1. The maximum atomic E-state index is 5.57. The summed E-state index contributed by atoms with van der Waals surface area (Å²) in [5.74, 6) is 0.711. The highest BCUT2D eigenvalue weighted by Crippen LogP contribution is 2.23. The highest BCUT2D eigenvalue weighted by molar-refractivity contribution is 5.88. The molecule has 0 aliphatic heterocycles. The second-order valence-electron chi connectivity index (χ2n) is 5.82. The molecule has 0 radical (unpaired) electrons. The van der Waals surface area contributed by atoms with Crippen LogP contribution < -0.4 is 11.1 Å². The molecule has 2 rings (SSSR count). The maximum absolute atomic E-state index is 5.57. The van der Waals surface area contributed by atoms with Crippen molar-refractivity contribution in [1.82, 2.24) is 19.9 Å². The van der Waals surface area contributed by atoms with Crippen molar-refractivity contribution < 1.29 is 0 Å². The number of nitrogens with zero attached hydrogens (tertiary/aromatic N) is 4. The standard InChI is InChI=1S/C19H26N6/c1-5-15(25(3)4)8-7-14(2)16-13-17-18(22-12-11-21-17)19(24-16)23-10-6-9-20/h5,7-8,11-13H,2,6,9-10,20H2,1,3-4H3,(H,23,24)/b8-7-,15-5+. The van der Waals surface area contributed by atoms with Crippen LogP contribution in [0.1, 0.15) is 19.0 Å². The van der Waals surface area contributed by atoms with E-state index in [9.17, 15) is 0 Å². The monoisotopic (exact) mass is 338 g/mol. The van der Waals surface area contributed by atoms with Gasteiger partial charge in [-0.25, -0.2) is 9.97 Å². The number of anilines is 1. The first-order chi connectivity index (χ1) is 12.1. The number of hydrogen-bond donors (Lipinski definition) is 2. The number of aromatic nitrogens is 3. The van der Waals surface area contributed by atoms with E-state index < -0.39 is 0 Å². The molecule has 2 heterocycles. The van der Waals surface area contributed by atoms with Gasteiger partial charge in [0.1, 0.15) is 5.52 Å². The fourth-order valence-electron chi connectivity index (χ4n) is 2.34. The van der Waals surface area contributed by atoms with Crippen LogP contribution in [-0.4, -0.2) is 47.0 Å². The smallest absolute Gasteiger partial charge is 0.154 e. The zero-order chi connectivity index (χ0) is 18.2. The zero-order valence-electron chi connectivity index (χ0n) is 15.2. The van der Waals surface area contributed by atoms with E-state index in [4.69, 9.17) is 5.73 Å². The third-order valence-corrected chi connectivity index (χ3v) is 3.73. The van der Waals surface area contributed by atoms with Crippen LogP contribution in [0, 0.1) is 0 Å². The van der Waals surface area contributed by atoms with Crippen LogP contribution in [0.5, 0.6) is 0 Å². The summed E-state index contributed by atoms with van der Waals surface area (Å²) in [6.45, 7) is 7.52. The van der Waals surface area contributed by atoms with Crippen molar-refractivity contribution in [1.29, 1.82) is 0 Å². The third kappa shape index (κ3) is 4.87. The molecule has 2 aromatic rings. The van der Waals surface area contributed by atoms with E-state index in [-0.39, 0.29) is 0 Å². The lowest BCUT2D eigenvalue weighted by molar-refractivity contribution is 0.529. The van der Waals surface area contributed by atoms with E-state index in [1.165, 1.54) is 0 Å². The molecule has 0 aliphatic rings. The minimum absolute atomic E-state index is 0.627. The van der Waals surface area contributed by atoms with Crippen LogP contribution in [0.15, 0.2) is 49.0 Å². The van der Waals surface area contributed by atoms with Crippen LogP contribution in [0.2, 0.25) is 0 Å². The molecule has 6 heteroatoms. The molecule has 0 bridgehead atoms. The maximum Gasteiger partial charge on any atom is 0.154 e. The average Bonchev–Trinajstić information content (AvgIpc) is 2.61. The Labute approximate surface area is 149 Å². The largest absolute Gasteiger partial charge is 0.378 e. The summed E-state index contributed by atoms with van der Waals surface area (Å²) >= 11 is 0. The lowest BCUT2D eigenvalue weighted by atomic mass is 10.1. The molecule has 0 fully saturated rings. The van der Waals surface area contributed by atoms with E-state index in [1.807, 2.05) is 50.2 Å². The summed E-state index contributed by atoms with van der Waals surface area (Å²) in [4.78, 5) is 15.5. The highest BCUT2D eigenvalue weighted by atomic mass is 15.1. The molecule has 25 heavy (non-hydrogen) atoms. The summed E-state index contributed by atoms with van der Waals surface area (Å²) in [6, 6.07) is 1.91. The van der Waals surface area contributed by atoms with Crippen molar-refractivity contribution in [3.63, 3.8) is 0 Å². The lowest BCUT2D eigenvalue weighted by Crippen LogP contribution is -2.10. The molecule has 0 unspecified atom stereocenters. The van der Waals surface area contributed by atoms with Crippen molar-refractivity contribution in [3.8, 4) is 0 Å². The molecule has 132 valence electrons. The number of allylic oxidation sites excluding steroid dienone is 4. The van der Waals surface area contributed by atoms with Gasteiger partial charge in [-0.05, 0) is 37.6 Å². The first-order valence-corrected chi connectivity index (χ1v) is 8.33. The van der Waals surface area contributed by atoms with E-state index >= 15 is 0 Å². The van der Waals surface area contributed by atoms with Gasteiger partial charge in [0.05, 0.1) is 11.2 Å². The molecular weight excluding hydrogens is 312 g/mol. The first kappa shape index (κ1) is 18.6. The number of likely N-dealkylation sites (N-methyl/N-ethyl adjacent to an activating group) is 1. The third-order valence-electron chi connectivity index (χ3n) is 3.73. The van der Waals surface area contributed by atoms with Gasteiger partial charge in [-0.1, -0.05) is 18.7 Å². The Morgan fingerprint density at radius 2 is 2.04 bits per heavy atom. The van der Waals surface area contributed by atoms with Crippen LogP contribution in [0.25, 0.3) is 16.6 Å². The molecule has 0 atom stereocenters. The fourth-order valence-corrected chi connectivity index (χ4v) is 2.34. The Balaban J connectivity index is 2.34.